The van der Waals surface area contributed by atoms with Crippen molar-refractivity contribution in [3.63, 3.8) is 0 Å². The minimum absolute atomic E-state index is 0.0266. The minimum atomic E-state index is -2.62. The van der Waals surface area contributed by atoms with E-state index in [-0.39, 0.29) is 5.54 Å². The van der Waals surface area contributed by atoms with E-state index in [0.29, 0.717) is 0 Å². The summed E-state index contributed by atoms with van der Waals surface area (Å²) < 4.78 is 16.2. The van der Waals surface area contributed by atoms with E-state index in [1.807, 2.05) is 25.1 Å². The topological polar surface area (TPSA) is 40.6 Å². The summed E-state index contributed by atoms with van der Waals surface area (Å²) in [7, 11) is 2.21. The van der Waals surface area contributed by atoms with Crippen LogP contribution in [-0.4, -0.2) is 35.1 Å². The molecule has 0 spiro atoms. The van der Waals surface area contributed by atoms with E-state index in [9.17, 15) is 0 Å². The molecule has 1 aromatic heterocycles. The van der Waals surface area contributed by atoms with Crippen LogP contribution in [0.2, 0.25) is 0 Å². The van der Waals surface area contributed by atoms with Crippen molar-refractivity contribution < 1.29 is 13.3 Å². The third kappa shape index (κ3) is 2.43. The number of nitrogens with zero attached hydrogens (tertiary/aromatic N) is 1. The lowest BCUT2D eigenvalue weighted by molar-refractivity contribution is 0.114. The molecule has 0 fully saturated rings. The summed E-state index contributed by atoms with van der Waals surface area (Å²) in [4.78, 5) is 4.28. The maximum atomic E-state index is 5.41. The molecule has 0 amide bonds. The van der Waals surface area contributed by atoms with Crippen molar-refractivity contribution in [1.82, 2.24) is 4.98 Å². The van der Waals surface area contributed by atoms with Gasteiger partial charge < -0.3 is 13.3 Å². The highest BCUT2D eigenvalue weighted by molar-refractivity contribution is 6.62. The van der Waals surface area contributed by atoms with Gasteiger partial charge in [0.15, 0.2) is 0 Å². The number of hydrogen-bond donors (Lipinski definition) is 0. The smallest absolute Gasteiger partial charge is 0.376 e. The summed E-state index contributed by atoms with van der Waals surface area (Å²) in [5.41, 5.74) is 0.952. The SMILES string of the molecule is CO[Si](OC)(OC)C(C)c1ccccn1. The van der Waals surface area contributed by atoms with E-state index in [4.69, 9.17) is 13.3 Å². The molecular weight excluding hydrogens is 210 g/mol. The summed E-state index contributed by atoms with van der Waals surface area (Å²) in [6.45, 7) is 2.01. The second kappa shape index (κ2) is 5.36. The van der Waals surface area contributed by atoms with Gasteiger partial charge in [-0.1, -0.05) is 13.0 Å². The van der Waals surface area contributed by atoms with Gasteiger partial charge in [0, 0.05) is 33.2 Å². The summed E-state index contributed by atoms with van der Waals surface area (Å²) in [6.07, 6.45) is 1.76. The Labute approximate surface area is 91.6 Å². The quantitative estimate of drug-likeness (QED) is 0.716. The molecule has 0 bridgehead atoms. The van der Waals surface area contributed by atoms with E-state index in [2.05, 4.69) is 4.98 Å². The molecule has 1 aromatic rings. The van der Waals surface area contributed by atoms with Crippen LogP contribution in [0.1, 0.15) is 18.2 Å². The first kappa shape index (κ1) is 12.3. The van der Waals surface area contributed by atoms with Crippen LogP contribution in [0.15, 0.2) is 24.4 Å². The van der Waals surface area contributed by atoms with Crippen molar-refractivity contribution in [3.8, 4) is 0 Å². The molecule has 4 nitrogen and oxygen atoms in total. The Balaban J connectivity index is 2.95. The highest BCUT2D eigenvalue weighted by Crippen LogP contribution is 2.26. The maximum absolute atomic E-state index is 5.41. The van der Waals surface area contributed by atoms with Crippen molar-refractivity contribution >= 4 is 8.80 Å². The fraction of sp³-hybridized carbons (Fsp3) is 0.500. The minimum Gasteiger partial charge on any atom is -0.376 e. The number of rotatable bonds is 5. The molecule has 84 valence electrons. The summed E-state index contributed by atoms with van der Waals surface area (Å²) in [5.74, 6) is 0. The van der Waals surface area contributed by atoms with Gasteiger partial charge in [-0.3, -0.25) is 4.98 Å². The molecule has 1 rings (SSSR count). The molecule has 0 saturated carbocycles. The van der Waals surface area contributed by atoms with E-state index in [1.54, 1.807) is 27.5 Å². The van der Waals surface area contributed by atoms with Gasteiger partial charge in [-0.25, -0.2) is 0 Å². The lowest BCUT2D eigenvalue weighted by Gasteiger charge is -2.29. The normalized spacial score (nSPS) is 13.9. The van der Waals surface area contributed by atoms with Gasteiger partial charge in [0.05, 0.1) is 5.54 Å². The van der Waals surface area contributed by atoms with Gasteiger partial charge in [-0.2, -0.15) is 0 Å². The number of aromatic nitrogens is 1. The summed E-state index contributed by atoms with van der Waals surface area (Å²) in [6, 6.07) is 5.77. The largest absolute Gasteiger partial charge is 0.509 e. The molecule has 0 aliphatic heterocycles. The van der Waals surface area contributed by atoms with Crippen LogP contribution in [0.25, 0.3) is 0 Å². The van der Waals surface area contributed by atoms with Crippen molar-refractivity contribution in [3.05, 3.63) is 30.1 Å². The predicted molar refractivity (Wildman–Crippen MR) is 59.4 cm³/mol. The van der Waals surface area contributed by atoms with Crippen LogP contribution in [0.3, 0.4) is 0 Å². The Bertz CT molecular complexity index is 282. The number of hydrogen-bond acceptors (Lipinski definition) is 4. The van der Waals surface area contributed by atoms with Crippen molar-refractivity contribution in [2.45, 2.75) is 12.5 Å². The molecule has 0 saturated heterocycles. The van der Waals surface area contributed by atoms with Crippen LogP contribution in [-0.2, 0) is 13.3 Å². The average Bonchev–Trinajstić information content (AvgIpc) is 2.33. The first-order chi connectivity index (χ1) is 7.20. The Morgan fingerprint density at radius 3 is 2.13 bits per heavy atom. The van der Waals surface area contributed by atoms with E-state index in [0.717, 1.165) is 5.69 Å². The second-order valence-corrected chi connectivity index (χ2v) is 6.49. The molecule has 1 unspecified atom stereocenters. The van der Waals surface area contributed by atoms with Crippen LogP contribution < -0.4 is 0 Å². The molecule has 1 atom stereocenters. The van der Waals surface area contributed by atoms with E-state index < -0.39 is 8.80 Å². The monoisotopic (exact) mass is 227 g/mol. The fourth-order valence-electron chi connectivity index (χ4n) is 1.59. The predicted octanol–water partition coefficient (Wildman–Crippen LogP) is 1.60. The maximum Gasteiger partial charge on any atom is 0.509 e. The first-order valence-electron chi connectivity index (χ1n) is 4.76. The van der Waals surface area contributed by atoms with Crippen LogP contribution >= 0.6 is 0 Å². The summed E-state index contributed by atoms with van der Waals surface area (Å²) >= 11 is 0. The van der Waals surface area contributed by atoms with Crippen LogP contribution in [0, 0.1) is 0 Å². The second-order valence-electron chi connectivity index (χ2n) is 3.19. The zero-order valence-electron chi connectivity index (χ0n) is 9.56. The zero-order chi connectivity index (χ0) is 11.3. The molecule has 0 radical (unpaired) electrons. The van der Waals surface area contributed by atoms with Gasteiger partial charge in [0.1, 0.15) is 0 Å². The van der Waals surface area contributed by atoms with Crippen molar-refractivity contribution in [1.29, 1.82) is 0 Å². The molecule has 0 aromatic carbocycles. The van der Waals surface area contributed by atoms with Gasteiger partial charge >= 0.3 is 8.80 Å². The molecule has 15 heavy (non-hydrogen) atoms. The Morgan fingerprint density at radius 2 is 1.73 bits per heavy atom. The van der Waals surface area contributed by atoms with Gasteiger partial charge in [0.2, 0.25) is 0 Å². The highest BCUT2D eigenvalue weighted by Gasteiger charge is 2.46. The highest BCUT2D eigenvalue weighted by atomic mass is 28.4. The Kier molecular flexibility index (Phi) is 4.40. The number of pyridine rings is 1. The third-order valence-corrected chi connectivity index (χ3v) is 5.58. The molecule has 0 aliphatic rings. The molecule has 1 heterocycles. The van der Waals surface area contributed by atoms with E-state index in [1.165, 1.54) is 0 Å². The molecule has 0 N–H and O–H groups in total. The third-order valence-electron chi connectivity index (χ3n) is 2.52. The summed E-state index contributed by atoms with van der Waals surface area (Å²) in [5, 5.41) is 0. The molecule has 0 aliphatic carbocycles. The van der Waals surface area contributed by atoms with E-state index >= 15 is 0 Å². The molecular formula is C10H17NO3Si. The standard InChI is InChI=1S/C10H17NO3Si/c1-9(10-7-5-6-8-11-10)15(12-2,13-3)14-4/h5-9H,1-4H3. The van der Waals surface area contributed by atoms with Gasteiger partial charge in [0.25, 0.3) is 0 Å². The molecule has 5 heteroatoms. The first-order valence-corrected chi connectivity index (χ1v) is 6.56. The lowest BCUT2D eigenvalue weighted by Crippen LogP contribution is -2.48. The van der Waals surface area contributed by atoms with Gasteiger partial charge in [-0.05, 0) is 12.1 Å². The lowest BCUT2D eigenvalue weighted by atomic mass is 10.3. The van der Waals surface area contributed by atoms with Crippen LogP contribution in [0.5, 0.6) is 0 Å². The van der Waals surface area contributed by atoms with Crippen molar-refractivity contribution in [2.75, 3.05) is 21.3 Å². The Morgan fingerprint density at radius 1 is 1.13 bits per heavy atom. The Hall–Kier alpha value is -0.753. The zero-order valence-corrected chi connectivity index (χ0v) is 10.6. The fourth-order valence-corrected chi connectivity index (χ4v) is 3.69. The van der Waals surface area contributed by atoms with Crippen molar-refractivity contribution in [2.24, 2.45) is 0 Å². The average molecular weight is 227 g/mol. The van der Waals surface area contributed by atoms with Gasteiger partial charge in [-0.15, -0.1) is 0 Å². The van der Waals surface area contributed by atoms with Crippen LogP contribution in [0.4, 0.5) is 0 Å².